The SMILES string of the molecule is Cc1cc2c(cc1S(=O)(=O)Oc1cccc(C=O)c1)OCO2. The zero-order valence-electron chi connectivity index (χ0n) is 11.6. The molecule has 0 aromatic heterocycles. The average molecular weight is 320 g/mol. The van der Waals surface area contributed by atoms with Crippen LogP contribution in [0.3, 0.4) is 0 Å². The van der Waals surface area contributed by atoms with E-state index in [-0.39, 0.29) is 17.4 Å². The number of rotatable bonds is 4. The van der Waals surface area contributed by atoms with Gasteiger partial charge in [-0.1, -0.05) is 12.1 Å². The summed E-state index contributed by atoms with van der Waals surface area (Å²) < 4.78 is 40.3. The number of hydrogen-bond donors (Lipinski definition) is 0. The highest BCUT2D eigenvalue weighted by molar-refractivity contribution is 7.87. The molecule has 7 heteroatoms. The molecule has 3 rings (SSSR count). The molecule has 2 aromatic rings. The number of hydrogen-bond acceptors (Lipinski definition) is 6. The molecule has 22 heavy (non-hydrogen) atoms. The van der Waals surface area contributed by atoms with Gasteiger partial charge in [-0.2, -0.15) is 8.42 Å². The van der Waals surface area contributed by atoms with E-state index in [2.05, 4.69) is 0 Å². The summed E-state index contributed by atoms with van der Waals surface area (Å²) in [4.78, 5) is 10.7. The van der Waals surface area contributed by atoms with Gasteiger partial charge in [0.15, 0.2) is 11.5 Å². The van der Waals surface area contributed by atoms with Crippen molar-refractivity contribution in [1.29, 1.82) is 0 Å². The minimum absolute atomic E-state index is 0.00624. The molecular weight excluding hydrogens is 308 g/mol. The minimum Gasteiger partial charge on any atom is -0.454 e. The van der Waals surface area contributed by atoms with E-state index in [4.69, 9.17) is 13.7 Å². The summed E-state index contributed by atoms with van der Waals surface area (Å²) in [6.45, 7) is 1.69. The number of benzene rings is 2. The van der Waals surface area contributed by atoms with Gasteiger partial charge in [-0.15, -0.1) is 0 Å². The van der Waals surface area contributed by atoms with Crippen LogP contribution >= 0.6 is 0 Å². The van der Waals surface area contributed by atoms with Crippen LogP contribution in [0.4, 0.5) is 0 Å². The highest BCUT2D eigenvalue weighted by Gasteiger charge is 2.24. The average Bonchev–Trinajstić information content (AvgIpc) is 2.93. The molecule has 2 aromatic carbocycles. The Morgan fingerprint density at radius 1 is 1.14 bits per heavy atom. The number of aryl methyl sites for hydroxylation is 1. The van der Waals surface area contributed by atoms with E-state index in [0.29, 0.717) is 28.9 Å². The molecule has 0 bridgehead atoms. The van der Waals surface area contributed by atoms with Gasteiger partial charge in [0, 0.05) is 11.6 Å². The lowest BCUT2D eigenvalue weighted by atomic mass is 10.2. The Morgan fingerprint density at radius 3 is 2.59 bits per heavy atom. The second-order valence-electron chi connectivity index (χ2n) is 4.70. The Morgan fingerprint density at radius 2 is 1.86 bits per heavy atom. The molecule has 1 aliphatic heterocycles. The zero-order valence-corrected chi connectivity index (χ0v) is 12.4. The first kappa shape index (κ1) is 14.4. The summed E-state index contributed by atoms with van der Waals surface area (Å²) in [7, 11) is -4.04. The largest absolute Gasteiger partial charge is 0.454 e. The second kappa shape index (κ2) is 5.34. The Hall–Kier alpha value is -2.54. The van der Waals surface area contributed by atoms with E-state index < -0.39 is 10.1 Å². The fraction of sp³-hybridized carbons (Fsp3) is 0.133. The van der Waals surface area contributed by atoms with E-state index in [1.807, 2.05) is 0 Å². The lowest BCUT2D eigenvalue weighted by Crippen LogP contribution is -2.11. The fourth-order valence-electron chi connectivity index (χ4n) is 2.11. The maximum Gasteiger partial charge on any atom is 0.339 e. The molecule has 0 aliphatic carbocycles. The summed E-state index contributed by atoms with van der Waals surface area (Å²) in [5, 5.41) is 0. The van der Waals surface area contributed by atoms with Crippen molar-refractivity contribution in [2.24, 2.45) is 0 Å². The predicted octanol–water partition coefficient (Wildman–Crippen LogP) is 2.30. The summed E-state index contributed by atoms with van der Waals surface area (Å²) in [5.41, 5.74) is 0.811. The molecule has 0 fully saturated rings. The van der Waals surface area contributed by atoms with Crippen molar-refractivity contribution in [3.8, 4) is 17.2 Å². The highest BCUT2D eigenvalue weighted by Crippen LogP contribution is 2.36. The topological polar surface area (TPSA) is 78.9 Å². The Kier molecular flexibility index (Phi) is 3.50. The third-order valence-corrected chi connectivity index (χ3v) is 4.53. The van der Waals surface area contributed by atoms with Crippen LogP contribution in [-0.4, -0.2) is 21.5 Å². The Labute approximate surface area is 127 Å². The summed E-state index contributed by atoms with van der Waals surface area (Å²) in [6.07, 6.45) is 0.616. The zero-order chi connectivity index (χ0) is 15.7. The fourth-order valence-corrected chi connectivity index (χ4v) is 3.26. The van der Waals surface area contributed by atoms with E-state index in [1.165, 1.54) is 18.2 Å². The van der Waals surface area contributed by atoms with E-state index in [1.54, 1.807) is 25.1 Å². The summed E-state index contributed by atoms with van der Waals surface area (Å²) in [5.74, 6) is 0.926. The van der Waals surface area contributed by atoms with E-state index in [0.717, 1.165) is 0 Å². The first-order chi connectivity index (χ1) is 10.5. The smallest absolute Gasteiger partial charge is 0.339 e. The van der Waals surface area contributed by atoms with Crippen molar-refractivity contribution < 1.29 is 26.9 Å². The molecule has 1 heterocycles. The number of fused-ring (bicyclic) bond motifs is 1. The molecule has 0 spiro atoms. The molecule has 0 unspecified atom stereocenters. The molecule has 0 atom stereocenters. The summed E-state index contributed by atoms with van der Waals surface area (Å²) in [6, 6.07) is 8.87. The van der Waals surface area contributed by atoms with Crippen molar-refractivity contribution >= 4 is 16.4 Å². The molecule has 6 nitrogen and oxygen atoms in total. The van der Waals surface area contributed by atoms with Gasteiger partial charge in [0.2, 0.25) is 6.79 Å². The number of aldehydes is 1. The van der Waals surface area contributed by atoms with E-state index >= 15 is 0 Å². The predicted molar refractivity (Wildman–Crippen MR) is 76.9 cm³/mol. The van der Waals surface area contributed by atoms with Crippen molar-refractivity contribution in [3.63, 3.8) is 0 Å². The van der Waals surface area contributed by atoms with Gasteiger partial charge in [0.1, 0.15) is 16.9 Å². The van der Waals surface area contributed by atoms with Gasteiger partial charge in [-0.25, -0.2) is 0 Å². The molecular formula is C15H12O6S. The minimum atomic E-state index is -4.04. The van der Waals surface area contributed by atoms with Gasteiger partial charge in [-0.05, 0) is 30.7 Å². The van der Waals surface area contributed by atoms with Crippen LogP contribution in [0.5, 0.6) is 17.2 Å². The molecule has 1 aliphatic rings. The standard InChI is InChI=1S/C15H12O6S/c1-10-5-13-14(20-9-19-13)7-15(10)22(17,18)21-12-4-2-3-11(6-12)8-16/h2-8H,9H2,1H3. The summed E-state index contributed by atoms with van der Waals surface area (Å²) >= 11 is 0. The molecule has 0 saturated heterocycles. The van der Waals surface area contributed by atoms with Crippen LogP contribution in [0.15, 0.2) is 41.3 Å². The van der Waals surface area contributed by atoms with Crippen LogP contribution < -0.4 is 13.7 Å². The monoisotopic (exact) mass is 320 g/mol. The number of ether oxygens (including phenoxy) is 2. The Balaban J connectivity index is 1.98. The molecule has 0 N–H and O–H groups in total. The molecule has 0 amide bonds. The van der Waals surface area contributed by atoms with Crippen LogP contribution in [-0.2, 0) is 10.1 Å². The van der Waals surface area contributed by atoms with Gasteiger partial charge in [0.25, 0.3) is 0 Å². The third-order valence-electron chi connectivity index (χ3n) is 3.14. The number of carbonyl (C=O) groups is 1. The van der Waals surface area contributed by atoms with E-state index in [9.17, 15) is 13.2 Å². The molecule has 114 valence electrons. The van der Waals surface area contributed by atoms with Crippen LogP contribution in [0, 0.1) is 6.92 Å². The lowest BCUT2D eigenvalue weighted by Gasteiger charge is -2.10. The maximum absolute atomic E-state index is 12.4. The molecule has 0 saturated carbocycles. The van der Waals surface area contributed by atoms with Gasteiger partial charge < -0.3 is 13.7 Å². The van der Waals surface area contributed by atoms with Crippen LogP contribution in [0.1, 0.15) is 15.9 Å². The second-order valence-corrected chi connectivity index (χ2v) is 6.21. The quantitative estimate of drug-likeness (QED) is 0.635. The van der Waals surface area contributed by atoms with Crippen LogP contribution in [0.2, 0.25) is 0 Å². The van der Waals surface area contributed by atoms with Crippen molar-refractivity contribution in [1.82, 2.24) is 0 Å². The Bertz CT molecular complexity index is 841. The van der Waals surface area contributed by atoms with Crippen molar-refractivity contribution in [2.45, 2.75) is 11.8 Å². The highest BCUT2D eigenvalue weighted by atomic mass is 32.2. The van der Waals surface area contributed by atoms with Gasteiger partial charge in [0.05, 0.1) is 0 Å². The first-order valence-electron chi connectivity index (χ1n) is 6.39. The lowest BCUT2D eigenvalue weighted by molar-refractivity contribution is 0.112. The van der Waals surface area contributed by atoms with Gasteiger partial charge >= 0.3 is 10.1 Å². The maximum atomic E-state index is 12.4. The van der Waals surface area contributed by atoms with Crippen molar-refractivity contribution in [2.75, 3.05) is 6.79 Å². The van der Waals surface area contributed by atoms with Crippen molar-refractivity contribution in [3.05, 3.63) is 47.5 Å². The third kappa shape index (κ3) is 2.62. The molecule has 0 radical (unpaired) electrons. The number of carbonyl (C=O) groups excluding carboxylic acids is 1. The first-order valence-corrected chi connectivity index (χ1v) is 7.80. The normalized spacial score (nSPS) is 13.0. The van der Waals surface area contributed by atoms with Crippen LogP contribution in [0.25, 0.3) is 0 Å². The van der Waals surface area contributed by atoms with Gasteiger partial charge in [-0.3, -0.25) is 4.79 Å².